The maximum Gasteiger partial charge on any atom is 0.341 e. The summed E-state index contributed by atoms with van der Waals surface area (Å²) in [6, 6.07) is 4.80. The first kappa shape index (κ1) is 20.3. The van der Waals surface area contributed by atoms with Crippen molar-refractivity contribution in [2.75, 3.05) is 12.4 Å². The Hall–Kier alpha value is -2.42. The molecule has 0 saturated carbocycles. The molecule has 2 N–H and O–H groups in total. The third kappa shape index (κ3) is 4.35. The average molecular weight is 440 g/mol. The number of hydrazone groups is 1. The maximum absolute atomic E-state index is 12.2. The molecule has 2 amide bonds. The van der Waals surface area contributed by atoms with E-state index in [1.165, 1.54) is 24.7 Å². The molecule has 0 fully saturated rings. The Morgan fingerprint density at radius 3 is 2.68 bits per heavy atom. The molecule has 0 spiro atoms. The number of ether oxygens (including phenoxy) is 1. The predicted octanol–water partition coefficient (Wildman–Crippen LogP) is 3.42. The van der Waals surface area contributed by atoms with Crippen molar-refractivity contribution in [1.82, 2.24) is 5.43 Å². The SMILES string of the molecule is COC(=O)c1c(NC(=O)C(=O)NN=Cc2ccc(Cl)c(Cl)c2)sc2c1CCC2. The summed E-state index contributed by atoms with van der Waals surface area (Å²) in [6.45, 7) is 0. The molecule has 0 unspecified atom stereocenters. The van der Waals surface area contributed by atoms with Crippen LogP contribution in [0.3, 0.4) is 0 Å². The molecule has 0 radical (unpaired) electrons. The lowest BCUT2D eigenvalue weighted by molar-refractivity contribution is -0.136. The van der Waals surface area contributed by atoms with Gasteiger partial charge in [-0.1, -0.05) is 29.3 Å². The molecule has 1 aromatic heterocycles. The number of nitrogens with one attached hydrogen (secondary N) is 2. The van der Waals surface area contributed by atoms with E-state index in [1.54, 1.807) is 18.2 Å². The first-order valence-corrected chi connectivity index (χ1v) is 9.80. The molecular formula is C18H15Cl2N3O4S. The van der Waals surface area contributed by atoms with Crippen LogP contribution in [0.1, 0.15) is 32.8 Å². The number of anilines is 1. The molecule has 0 bridgehead atoms. The topological polar surface area (TPSA) is 96.9 Å². The monoisotopic (exact) mass is 439 g/mol. The van der Waals surface area contributed by atoms with Gasteiger partial charge in [0.2, 0.25) is 0 Å². The molecule has 146 valence electrons. The van der Waals surface area contributed by atoms with E-state index >= 15 is 0 Å². The predicted molar refractivity (Wildman–Crippen MR) is 109 cm³/mol. The lowest BCUT2D eigenvalue weighted by Gasteiger charge is -2.06. The minimum atomic E-state index is -0.972. The molecule has 2 aromatic rings. The number of halogens is 2. The van der Waals surface area contributed by atoms with Crippen molar-refractivity contribution in [2.24, 2.45) is 5.10 Å². The number of carbonyl (C=O) groups excluding carboxylic acids is 3. The molecular weight excluding hydrogens is 425 g/mol. The van der Waals surface area contributed by atoms with Crippen molar-refractivity contribution in [3.8, 4) is 0 Å². The molecule has 1 aromatic carbocycles. The van der Waals surface area contributed by atoms with Crippen LogP contribution in [-0.2, 0) is 27.2 Å². The molecule has 0 atom stereocenters. The number of thiophene rings is 1. The fraction of sp³-hybridized carbons (Fsp3) is 0.222. The standard InChI is InChI=1S/C18H15Cl2N3O4S/c1-27-18(26)14-10-3-2-4-13(10)28-17(14)22-15(24)16(25)23-21-8-9-5-6-11(19)12(20)7-9/h5-8H,2-4H2,1H3,(H,22,24)(H,23,25). The highest BCUT2D eigenvalue weighted by molar-refractivity contribution is 7.17. The van der Waals surface area contributed by atoms with E-state index < -0.39 is 17.8 Å². The number of amides is 2. The average Bonchev–Trinajstić information content (AvgIpc) is 3.24. The summed E-state index contributed by atoms with van der Waals surface area (Å²) in [7, 11) is 1.28. The van der Waals surface area contributed by atoms with Crippen LogP contribution < -0.4 is 10.7 Å². The van der Waals surface area contributed by atoms with Gasteiger partial charge in [-0.2, -0.15) is 5.10 Å². The summed E-state index contributed by atoms with van der Waals surface area (Å²) < 4.78 is 4.81. The van der Waals surface area contributed by atoms with Gasteiger partial charge in [0.25, 0.3) is 0 Å². The zero-order valence-corrected chi connectivity index (χ0v) is 17.0. The molecule has 10 heteroatoms. The second-order valence-corrected chi connectivity index (χ2v) is 7.80. The number of fused-ring (bicyclic) bond motifs is 1. The van der Waals surface area contributed by atoms with Gasteiger partial charge in [-0.3, -0.25) is 9.59 Å². The zero-order valence-electron chi connectivity index (χ0n) is 14.7. The smallest absolute Gasteiger partial charge is 0.341 e. The van der Waals surface area contributed by atoms with Gasteiger partial charge < -0.3 is 10.1 Å². The van der Waals surface area contributed by atoms with Crippen molar-refractivity contribution < 1.29 is 19.1 Å². The van der Waals surface area contributed by atoms with Crippen LogP contribution >= 0.6 is 34.5 Å². The Balaban J connectivity index is 1.66. The van der Waals surface area contributed by atoms with Gasteiger partial charge in [0.05, 0.1) is 28.9 Å². The summed E-state index contributed by atoms with van der Waals surface area (Å²) >= 11 is 13.0. The fourth-order valence-corrected chi connectivity index (χ4v) is 4.36. The Bertz CT molecular complexity index is 987. The van der Waals surface area contributed by atoms with Gasteiger partial charge in [0.15, 0.2) is 0 Å². The molecule has 3 rings (SSSR count). The Morgan fingerprint density at radius 1 is 1.18 bits per heavy atom. The summed E-state index contributed by atoms with van der Waals surface area (Å²) in [5, 5.41) is 7.25. The summed E-state index contributed by atoms with van der Waals surface area (Å²) in [5.41, 5.74) is 3.92. The minimum absolute atomic E-state index is 0.310. The Labute approximate surface area is 174 Å². The second-order valence-electron chi connectivity index (χ2n) is 5.88. The van der Waals surface area contributed by atoms with Crippen molar-refractivity contribution in [3.63, 3.8) is 0 Å². The van der Waals surface area contributed by atoms with Crippen molar-refractivity contribution in [1.29, 1.82) is 0 Å². The molecule has 1 heterocycles. The van der Waals surface area contributed by atoms with Crippen molar-refractivity contribution >= 4 is 63.5 Å². The van der Waals surface area contributed by atoms with E-state index in [4.69, 9.17) is 27.9 Å². The summed E-state index contributed by atoms with van der Waals surface area (Å²) in [4.78, 5) is 37.2. The molecule has 0 aliphatic heterocycles. The van der Waals surface area contributed by atoms with Crippen LogP contribution in [0.25, 0.3) is 0 Å². The lowest BCUT2D eigenvalue weighted by atomic mass is 10.1. The van der Waals surface area contributed by atoms with Gasteiger partial charge in [0.1, 0.15) is 5.00 Å². The number of nitrogens with zero attached hydrogens (tertiary/aromatic N) is 1. The van der Waals surface area contributed by atoms with Crippen LogP contribution in [0.2, 0.25) is 10.0 Å². The van der Waals surface area contributed by atoms with E-state index in [0.29, 0.717) is 26.2 Å². The Kier molecular flexibility index (Phi) is 6.33. The Morgan fingerprint density at radius 2 is 1.96 bits per heavy atom. The van der Waals surface area contributed by atoms with Crippen molar-refractivity contribution in [3.05, 3.63) is 49.8 Å². The lowest BCUT2D eigenvalue weighted by Crippen LogP contribution is -2.32. The molecule has 28 heavy (non-hydrogen) atoms. The third-order valence-electron chi connectivity index (χ3n) is 4.07. The first-order chi connectivity index (χ1) is 13.4. The second kappa shape index (κ2) is 8.72. The number of hydrogen-bond donors (Lipinski definition) is 2. The number of rotatable bonds is 4. The highest BCUT2D eigenvalue weighted by Gasteiger charge is 2.29. The van der Waals surface area contributed by atoms with Gasteiger partial charge >= 0.3 is 17.8 Å². The summed E-state index contributed by atoms with van der Waals surface area (Å²) in [6.07, 6.45) is 3.85. The number of benzene rings is 1. The van der Waals surface area contributed by atoms with E-state index in [0.717, 1.165) is 29.7 Å². The highest BCUT2D eigenvalue weighted by Crippen LogP contribution is 2.39. The number of methoxy groups -OCH3 is 1. The quantitative estimate of drug-likeness (QED) is 0.330. The van der Waals surface area contributed by atoms with Gasteiger partial charge in [0, 0.05) is 4.88 Å². The largest absolute Gasteiger partial charge is 0.465 e. The van der Waals surface area contributed by atoms with E-state index in [1.807, 2.05) is 0 Å². The molecule has 1 aliphatic carbocycles. The van der Waals surface area contributed by atoms with Crippen LogP contribution in [-0.4, -0.2) is 31.1 Å². The maximum atomic E-state index is 12.2. The number of aryl methyl sites for hydroxylation is 1. The fourth-order valence-electron chi connectivity index (χ4n) is 2.78. The minimum Gasteiger partial charge on any atom is -0.465 e. The molecule has 1 aliphatic rings. The molecule has 0 saturated heterocycles. The van der Waals surface area contributed by atoms with E-state index in [-0.39, 0.29) is 0 Å². The number of hydrogen-bond acceptors (Lipinski definition) is 6. The first-order valence-electron chi connectivity index (χ1n) is 8.23. The van der Waals surface area contributed by atoms with E-state index in [9.17, 15) is 14.4 Å². The molecule has 7 nitrogen and oxygen atoms in total. The third-order valence-corrected chi connectivity index (χ3v) is 6.01. The number of carbonyl (C=O) groups is 3. The highest BCUT2D eigenvalue weighted by atomic mass is 35.5. The van der Waals surface area contributed by atoms with Crippen LogP contribution in [0.5, 0.6) is 0 Å². The number of esters is 1. The normalized spacial score (nSPS) is 12.7. The van der Waals surface area contributed by atoms with Gasteiger partial charge in [-0.05, 0) is 42.5 Å². The van der Waals surface area contributed by atoms with Gasteiger partial charge in [-0.25, -0.2) is 10.2 Å². The van der Waals surface area contributed by atoms with Crippen LogP contribution in [0.15, 0.2) is 23.3 Å². The van der Waals surface area contributed by atoms with E-state index in [2.05, 4.69) is 15.8 Å². The van der Waals surface area contributed by atoms with Crippen LogP contribution in [0, 0.1) is 0 Å². The zero-order chi connectivity index (χ0) is 20.3. The van der Waals surface area contributed by atoms with Crippen LogP contribution in [0.4, 0.5) is 5.00 Å². The van der Waals surface area contributed by atoms with Crippen molar-refractivity contribution in [2.45, 2.75) is 19.3 Å². The summed E-state index contributed by atoms with van der Waals surface area (Å²) in [5.74, 6) is -2.44. The van der Waals surface area contributed by atoms with Gasteiger partial charge in [-0.15, -0.1) is 11.3 Å².